The van der Waals surface area contributed by atoms with E-state index >= 15 is 0 Å². The lowest BCUT2D eigenvalue weighted by atomic mass is 9.92. The molecule has 0 amide bonds. The van der Waals surface area contributed by atoms with Crippen LogP contribution in [-0.4, -0.2) is 32.8 Å². The van der Waals surface area contributed by atoms with E-state index in [1.54, 1.807) is 7.11 Å². The molecule has 4 aromatic rings. The van der Waals surface area contributed by atoms with Crippen molar-refractivity contribution in [1.29, 1.82) is 0 Å². The van der Waals surface area contributed by atoms with Crippen LogP contribution in [0.2, 0.25) is 0 Å². The molecule has 0 radical (unpaired) electrons. The average Bonchev–Trinajstić information content (AvgIpc) is 3.54. The van der Waals surface area contributed by atoms with Crippen molar-refractivity contribution in [3.63, 3.8) is 0 Å². The summed E-state index contributed by atoms with van der Waals surface area (Å²) >= 11 is 0. The number of aliphatic carboxylic acids is 1. The van der Waals surface area contributed by atoms with Gasteiger partial charge in [-0.25, -0.2) is 9.50 Å². The Labute approximate surface area is 222 Å². The van der Waals surface area contributed by atoms with E-state index in [9.17, 15) is 9.90 Å². The van der Waals surface area contributed by atoms with Crippen molar-refractivity contribution in [3.05, 3.63) is 65.6 Å². The Balaban J connectivity index is 1.64. The molecule has 0 spiro atoms. The SMILES string of the molecule is COc1cc(-c2c(CCC(=O)O)c(C3CCCC3)n3ncnc(N)c23)ccc1Oc1cccc(C(C)C)c1. The molecule has 1 aliphatic carbocycles. The monoisotopic (exact) mass is 514 g/mol. The molecule has 0 atom stereocenters. The van der Waals surface area contributed by atoms with Crippen LogP contribution in [0.4, 0.5) is 5.82 Å². The number of hydrogen-bond acceptors (Lipinski definition) is 6. The number of aromatic nitrogens is 3. The molecule has 38 heavy (non-hydrogen) atoms. The first-order chi connectivity index (χ1) is 18.4. The lowest BCUT2D eigenvalue weighted by Gasteiger charge is -2.15. The summed E-state index contributed by atoms with van der Waals surface area (Å²) in [5, 5.41) is 14.1. The van der Waals surface area contributed by atoms with Crippen molar-refractivity contribution in [1.82, 2.24) is 14.6 Å². The fraction of sp³-hybridized carbons (Fsp3) is 0.367. The molecule has 0 aliphatic heterocycles. The number of hydrogen-bond donors (Lipinski definition) is 2. The van der Waals surface area contributed by atoms with E-state index < -0.39 is 5.97 Å². The standard InChI is InChI=1S/C30H34N4O4/c1-18(2)20-9-6-10-22(15-20)38-24-13-11-21(16-25(24)37-3)27-23(12-14-26(35)36)28(19-7-4-5-8-19)34-29(27)30(31)32-17-33-34/h6,9-11,13,15-19H,4-5,7-8,12,14H2,1-3H3,(H,35,36)(H2,31,32,33). The second-order valence-electron chi connectivity index (χ2n) is 10.2. The van der Waals surface area contributed by atoms with Gasteiger partial charge in [-0.1, -0.05) is 44.9 Å². The zero-order valence-electron chi connectivity index (χ0n) is 22.1. The summed E-state index contributed by atoms with van der Waals surface area (Å²) in [6.45, 7) is 4.29. The number of fused-ring (bicyclic) bond motifs is 1. The Kier molecular flexibility index (Phi) is 7.22. The molecule has 1 fully saturated rings. The van der Waals surface area contributed by atoms with Gasteiger partial charge in [-0.2, -0.15) is 5.10 Å². The van der Waals surface area contributed by atoms with Gasteiger partial charge in [0, 0.05) is 23.6 Å². The molecule has 3 N–H and O–H groups in total. The minimum atomic E-state index is -0.840. The molecule has 2 heterocycles. The molecule has 198 valence electrons. The van der Waals surface area contributed by atoms with Crippen molar-refractivity contribution in [2.24, 2.45) is 0 Å². The molecule has 0 saturated heterocycles. The highest BCUT2D eigenvalue weighted by Gasteiger charge is 2.30. The predicted molar refractivity (Wildman–Crippen MR) is 147 cm³/mol. The van der Waals surface area contributed by atoms with Gasteiger partial charge in [-0.3, -0.25) is 4.79 Å². The van der Waals surface area contributed by atoms with E-state index in [0.717, 1.165) is 53.8 Å². The zero-order valence-corrected chi connectivity index (χ0v) is 22.1. The van der Waals surface area contributed by atoms with Gasteiger partial charge in [0.1, 0.15) is 17.6 Å². The number of nitrogens with two attached hydrogens (primary N) is 1. The number of carboxylic acids is 1. The highest BCUT2D eigenvalue weighted by atomic mass is 16.5. The van der Waals surface area contributed by atoms with E-state index in [0.29, 0.717) is 41.1 Å². The van der Waals surface area contributed by atoms with Gasteiger partial charge < -0.3 is 20.3 Å². The Morgan fingerprint density at radius 2 is 1.95 bits per heavy atom. The first-order valence-corrected chi connectivity index (χ1v) is 13.2. The van der Waals surface area contributed by atoms with Crippen molar-refractivity contribution in [3.8, 4) is 28.4 Å². The predicted octanol–water partition coefficient (Wildman–Crippen LogP) is 6.58. The quantitative estimate of drug-likeness (QED) is 0.259. The van der Waals surface area contributed by atoms with Crippen LogP contribution in [0.25, 0.3) is 16.6 Å². The van der Waals surface area contributed by atoms with Crippen LogP contribution < -0.4 is 15.2 Å². The fourth-order valence-electron chi connectivity index (χ4n) is 5.57. The number of rotatable bonds is 9. The molecule has 2 aromatic carbocycles. The van der Waals surface area contributed by atoms with Crippen molar-refractivity contribution in [2.75, 3.05) is 12.8 Å². The maximum Gasteiger partial charge on any atom is 0.303 e. The second-order valence-corrected chi connectivity index (χ2v) is 10.2. The summed E-state index contributed by atoms with van der Waals surface area (Å²) in [5.74, 6) is 2.10. The molecule has 1 aliphatic rings. The maximum atomic E-state index is 11.6. The Morgan fingerprint density at radius 3 is 2.66 bits per heavy atom. The third-order valence-corrected chi connectivity index (χ3v) is 7.43. The average molecular weight is 515 g/mol. The van der Waals surface area contributed by atoms with Gasteiger partial charge in [0.05, 0.1) is 7.11 Å². The third kappa shape index (κ3) is 4.90. The molecule has 0 bridgehead atoms. The highest BCUT2D eigenvalue weighted by molar-refractivity contribution is 5.92. The Bertz CT molecular complexity index is 1470. The van der Waals surface area contributed by atoms with Crippen molar-refractivity contribution < 1.29 is 19.4 Å². The molecular formula is C30H34N4O4. The van der Waals surface area contributed by atoms with Crippen molar-refractivity contribution >= 4 is 17.3 Å². The zero-order chi connectivity index (χ0) is 26.8. The van der Waals surface area contributed by atoms with Crippen LogP contribution >= 0.6 is 0 Å². The number of methoxy groups -OCH3 is 1. The number of carboxylic acid groups (broad SMARTS) is 1. The Hall–Kier alpha value is -4.07. The summed E-state index contributed by atoms with van der Waals surface area (Å²) in [6, 6.07) is 13.8. The van der Waals surface area contributed by atoms with Gasteiger partial charge in [-0.15, -0.1) is 0 Å². The van der Waals surface area contributed by atoms with Crippen LogP contribution in [-0.2, 0) is 11.2 Å². The van der Waals surface area contributed by atoms with Gasteiger partial charge in [0.15, 0.2) is 17.3 Å². The molecule has 8 nitrogen and oxygen atoms in total. The largest absolute Gasteiger partial charge is 0.493 e. The minimum absolute atomic E-state index is 0.0153. The topological polar surface area (TPSA) is 112 Å². The normalized spacial score (nSPS) is 13.9. The van der Waals surface area contributed by atoms with E-state index in [-0.39, 0.29) is 6.42 Å². The molecule has 2 aromatic heterocycles. The third-order valence-electron chi connectivity index (χ3n) is 7.43. The summed E-state index contributed by atoms with van der Waals surface area (Å²) in [7, 11) is 1.61. The summed E-state index contributed by atoms with van der Waals surface area (Å²) in [5.41, 5.74) is 12.1. The number of nitrogen functional groups attached to an aromatic ring is 1. The van der Waals surface area contributed by atoms with E-state index in [2.05, 4.69) is 30.0 Å². The second kappa shape index (κ2) is 10.7. The number of carbonyl (C=O) groups is 1. The van der Waals surface area contributed by atoms with Crippen LogP contribution in [0.5, 0.6) is 17.2 Å². The summed E-state index contributed by atoms with van der Waals surface area (Å²) < 4.78 is 13.9. The van der Waals surface area contributed by atoms with Gasteiger partial charge >= 0.3 is 5.97 Å². The molecular weight excluding hydrogens is 480 g/mol. The highest BCUT2D eigenvalue weighted by Crippen LogP contribution is 2.45. The lowest BCUT2D eigenvalue weighted by molar-refractivity contribution is -0.136. The van der Waals surface area contributed by atoms with Gasteiger partial charge in [0.25, 0.3) is 0 Å². The van der Waals surface area contributed by atoms with Crippen LogP contribution in [0.3, 0.4) is 0 Å². The molecule has 0 unspecified atom stereocenters. The lowest BCUT2D eigenvalue weighted by Crippen LogP contribution is -2.07. The van der Waals surface area contributed by atoms with Gasteiger partial charge in [-0.05, 0) is 66.1 Å². The van der Waals surface area contributed by atoms with Crippen LogP contribution in [0.15, 0.2) is 48.8 Å². The first-order valence-electron chi connectivity index (χ1n) is 13.2. The summed E-state index contributed by atoms with van der Waals surface area (Å²) in [6.07, 6.45) is 6.23. The van der Waals surface area contributed by atoms with Crippen molar-refractivity contribution in [2.45, 2.75) is 64.2 Å². The van der Waals surface area contributed by atoms with Gasteiger partial charge in [0.2, 0.25) is 0 Å². The van der Waals surface area contributed by atoms with E-state index in [1.807, 2.05) is 40.9 Å². The van der Waals surface area contributed by atoms with Crippen LogP contribution in [0.1, 0.15) is 74.6 Å². The first kappa shape index (κ1) is 25.6. The number of nitrogens with zero attached hydrogens (tertiary/aromatic N) is 3. The van der Waals surface area contributed by atoms with E-state index in [1.165, 1.54) is 11.9 Å². The number of ether oxygens (including phenoxy) is 2. The number of benzene rings is 2. The molecule has 8 heteroatoms. The van der Waals surface area contributed by atoms with Crippen LogP contribution in [0, 0.1) is 0 Å². The molecule has 5 rings (SSSR count). The Morgan fingerprint density at radius 1 is 1.16 bits per heavy atom. The minimum Gasteiger partial charge on any atom is -0.493 e. The maximum absolute atomic E-state index is 11.6. The fourth-order valence-corrected chi connectivity index (χ4v) is 5.57. The number of anilines is 1. The smallest absolute Gasteiger partial charge is 0.303 e. The molecule has 1 saturated carbocycles. The van der Waals surface area contributed by atoms with E-state index in [4.69, 9.17) is 15.2 Å². The summed E-state index contributed by atoms with van der Waals surface area (Å²) in [4.78, 5) is 15.9.